The maximum atomic E-state index is 12.8. The smallest absolute Gasteiger partial charge is 0.303 e. The van der Waals surface area contributed by atoms with Gasteiger partial charge in [0.05, 0.1) is 0 Å². The molecule has 2 fully saturated rings. The van der Waals surface area contributed by atoms with Gasteiger partial charge in [-0.3, -0.25) is 14.4 Å². The van der Waals surface area contributed by atoms with E-state index in [9.17, 15) is 19.5 Å². The van der Waals surface area contributed by atoms with Crippen LogP contribution in [0, 0.1) is 28.6 Å². The molecule has 0 aromatic rings. The molecule has 4 aliphatic carbocycles. The van der Waals surface area contributed by atoms with Crippen LogP contribution in [0.3, 0.4) is 0 Å². The van der Waals surface area contributed by atoms with Crippen molar-refractivity contribution in [2.24, 2.45) is 28.6 Å². The SMILES string of the molecule is CC(=O)OCC(=O)[C@@]1(O)CC[C@H]2[C@@H]3CCC4=CC(=O)C=C[C@@]4(C)[C@@H]3C=C[C@@]21C. The lowest BCUT2D eigenvalue weighted by molar-refractivity contribution is -0.159. The van der Waals surface area contributed by atoms with Crippen molar-refractivity contribution in [3.63, 3.8) is 0 Å². The second-order valence-corrected chi connectivity index (χ2v) is 9.27. The Morgan fingerprint density at radius 3 is 2.71 bits per heavy atom. The van der Waals surface area contributed by atoms with Gasteiger partial charge in [-0.25, -0.2) is 0 Å². The van der Waals surface area contributed by atoms with Crippen molar-refractivity contribution in [1.29, 1.82) is 0 Å². The molecule has 0 heterocycles. The molecule has 5 heteroatoms. The first-order valence-electron chi connectivity index (χ1n) is 10.1. The van der Waals surface area contributed by atoms with E-state index in [1.807, 2.05) is 19.1 Å². The number of hydrogen-bond acceptors (Lipinski definition) is 5. The third-order valence-corrected chi connectivity index (χ3v) is 8.02. The standard InChI is InChI=1S/C23H28O5/c1-14(24)28-13-20(26)23(27)11-8-19-17-5-4-15-12-16(25)6-9-21(15,2)18(17)7-10-22(19,23)3/h6-7,9-10,12,17-19,27H,4-5,8,11,13H2,1-3H3/t17-,18-,19+,21-,22+,23+/m1/s1. The third-order valence-electron chi connectivity index (χ3n) is 8.02. The van der Waals surface area contributed by atoms with Gasteiger partial charge in [0.25, 0.3) is 0 Å². The van der Waals surface area contributed by atoms with Crippen LogP contribution in [0.4, 0.5) is 0 Å². The first-order valence-corrected chi connectivity index (χ1v) is 10.1. The highest BCUT2D eigenvalue weighted by atomic mass is 16.5. The Morgan fingerprint density at radius 2 is 2.00 bits per heavy atom. The van der Waals surface area contributed by atoms with E-state index in [1.165, 1.54) is 12.5 Å². The number of allylic oxidation sites excluding steroid dienone is 5. The lowest BCUT2D eigenvalue weighted by Crippen LogP contribution is -2.56. The van der Waals surface area contributed by atoms with Gasteiger partial charge < -0.3 is 9.84 Å². The molecule has 28 heavy (non-hydrogen) atoms. The maximum absolute atomic E-state index is 12.8. The fraction of sp³-hybridized carbons (Fsp3) is 0.609. The molecule has 0 saturated heterocycles. The van der Waals surface area contributed by atoms with Crippen LogP contribution in [0.5, 0.6) is 0 Å². The number of carbonyl (C=O) groups is 3. The Kier molecular flexibility index (Phi) is 4.31. The zero-order chi connectivity index (χ0) is 20.3. The molecule has 0 aromatic carbocycles. The predicted molar refractivity (Wildman–Crippen MR) is 103 cm³/mol. The summed E-state index contributed by atoms with van der Waals surface area (Å²) in [6.45, 7) is 5.04. The van der Waals surface area contributed by atoms with Crippen LogP contribution in [0.15, 0.2) is 36.0 Å². The molecule has 0 bridgehead atoms. The van der Waals surface area contributed by atoms with Crippen LogP contribution in [-0.4, -0.2) is 34.9 Å². The number of carbonyl (C=O) groups excluding carboxylic acids is 3. The molecule has 0 amide bonds. The van der Waals surface area contributed by atoms with Crippen molar-refractivity contribution in [1.82, 2.24) is 0 Å². The van der Waals surface area contributed by atoms with Crippen LogP contribution < -0.4 is 0 Å². The average molecular weight is 384 g/mol. The highest BCUT2D eigenvalue weighted by Gasteiger charge is 2.64. The van der Waals surface area contributed by atoms with Crippen molar-refractivity contribution in [2.45, 2.75) is 52.1 Å². The third kappa shape index (κ3) is 2.52. The quantitative estimate of drug-likeness (QED) is 0.598. The molecule has 6 atom stereocenters. The largest absolute Gasteiger partial charge is 0.458 e. The molecule has 2 saturated carbocycles. The summed E-state index contributed by atoms with van der Waals surface area (Å²) in [5.74, 6) is -0.109. The Bertz CT molecular complexity index is 836. The van der Waals surface area contributed by atoms with Crippen molar-refractivity contribution in [3.8, 4) is 0 Å². The minimum Gasteiger partial charge on any atom is -0.458 e. The van der Waals surface area contributed by atoms with Gasteiger partial charge in [0.1, 0.15) is 5.60 Å². The van der Waals surface area contributed by atoms with Gasteiger partial charge in [-0.2, -0.15) is 0 Å². The number of rotatable bonds is 3. The summed E-state index contributed by atoms with van der Waals surface area (Å²) in [5.41, 5.74) is -1.17. The fourth-order valence-corrected chi connectivity index (χ4v) is 6.34. The van der Waals surface area contributed by atoms with Gasteiger partial charge in [0.15, 0.2) is 12.4 Å². The summed E-state index contributed by atoms with van der Waals surface area (Å²) in [6, 6.07) is 0. The van der Waals surface area contributed by atoms with E-state index in [0.717, 1.165) is 19.3 Å². The van der Waals surface area contributed by atoms with E-state index in [-0.39, 0.29) is 29.6 Å². The lowest BCUT2D eigenvalue weighted by atomic mass is 9.50. The summed E-state index contributed by atoms with van der Waals surface area (Å²) in [4.78, 5) is 35.7. The number of fused-ring (bicyclic) bond motifs is 5. The van der Waals surface area contributed by atoms with Gasteiger partial charge in [0.2, 0.25) is 5.78 Å². The minimum atomic E-state index is -1.51. The Hall–Kier alpha value is -2.01. The Balaban J connectivity index is 1.67. The van der Waals surface area contributed by atoms with Gasteiger partial charge >= 0.3 is 5.97 Å². The van der Waals surface area contributed by atoms with Crippen LogP contribution in [0.1, 0.15) is 46.5 Å². The molecule has 0 spiro atoms. The number of esters is 1. The molecule has 150 valence electrons. The predicted octanol–water partition coefficient (Wildman–Crippen LogP) is 2.93. The van der Waals surface area contributed by atoms with E-state index in [2.05, 4.69) is 13.0 Å². The van der Waals surface area contributed by atoms with Crippen LogP contribution in [-0.2, 0) is 19.1 Å². The summed E-state index contributed by atoms with van der Waals surface area (Å²) in [7, 11) is 0. The summed E-state index contributed by atoms with van der Waals surface area (Å²) in [5, 5.41) is 11.4. The van der Waals surface area contributed by atoms with Gasteiger partial charge in [-0.05, 0) is 55.6 Å². The van der Waals surface area contributed by atoms with Crippen LogP contribution in [0.2, 0.25) is 0 Å². The molecule has 0 radical (unpaired) electrons. The second kappa shape index (κ2) is 6.24. The Labute approximate surface area is 165 Å². The monoisotopic (exact) mass is 384 g/mol. The summed E-state index contributed by atoms with van der Waals surface area (Å²) < 4.78 is 4.89. The first kappa shape index (κ1) is 19.3. The zero-order valence-corrected chi connectivity index (χ0v) is 16.7. The number of aliphatic hydroxyl groups is 1. The average Bonchev–Trinajstić information content (AvgIpc) is 2.92. The molecular formula is C23H28O5. The first-order chi connectivity index (χ1) is 13.1. The van der Waals surface area contributed by atoms with E-state index >= 15 is 0 Å². The lowest BCUT2D eigenvalue weighted by Gasteiger charge is -2.54. The van der Waals surface area contributed by atoms with Crippen molar-refractivity contribution < 1.29 is 24.2 Å². The number of ether oxygens (including phenoxy) is 1. The van der Waals surface area contributed by atoms with Gasteiger partial charge in [-0.1, -0.05) is 37.6 Å². The molecule has 0 aliphatic heterocycles. The number of hydrogen-bond donors (Lipinski definition) is 1. The van der Waals surface area contributed by atoms with Gasteiger partial charge in [-0.15, -0.1) is 0 Å². The molecule has 0 unspecified atom stereocenters. The zero-order valence-electron chi connectivity index (χ0n) is 16.7. The molecular weight excluding hydrogens is 356 g/mol. The summed E-state index contributed by atoms with van der Waals surface area (Å²) >= 11 is 0. The van der Waals surface area contributed by atoms with E-state index < -0.39 is 22.8 Å². The van der Waals surface area contributed by atoms with Crippen molar-refractivity contribution in [3.05, 3.63) is 36.0 Å². The molecule has 4 aliphatic rings. The summed E-state index contributed by atoms with van der Waals surface area (Å²) in [6.07, 6.45) is 12.6. The van der Waals surface area contributed by atoms with E-state index in [1.54, 1.807) is 12.2 Å². The van der Waals surface area contributed by atoms with E-state index in [4.69, 9.17) is 4.74 Å². The maximum Gasteiger partial charge on any atom is 0.303 e. The molecule has 5 nitrogen and oxygen atoms in total. The van der Waals surface area contributed by atoms with Crippen molar-refractivity contribution >= 4 is 17.5 Å². The van der Waals surface area contributed by atoms with Gasteiger partial charge in [0, 0.05) is 17.8 Å². The highest BCUT2D eigenvalue weighted by Crippen LogP contribution is 2.64. The fourth-order valence-electron chi connectivity index (χ4n) is 6.34. The molecule has 4 rings (SSSR count). The number of Topliss-reactive ketones (excluding diaryl/α,β-unsaturated/α-hetero) is 1. The Morgan fingerprint density at radius 1 is 1.25 bits per heavy atom. The highest BCUT2D eigenvalue weighted by molar-refractivity contribution is 6.01. The normalized spacial score (nSPS) is 43.6. The van der Waals surface area contributed by atoms with E-state index in [0.29, 0.717) is 12.3 Å². The second-order valence-electron chi connectivity index (χ2n) is 9.27. The van der Waals surface area contributed by atoms with Crippen LogP contribution in [0.25, 0.3) is 0 Å². The minimum absolute atomic E-state index is 0.0573. The molecule has 1 N–H and O–H groups in total. The number of ketones is 2. The topological polar surface area (TPSA) is 80.7 Å². The molecule has 0 aromatic heterocycles. The van der Waals surface area contributed by atoms with Crippen LogP contribution >= 0.6 is 0 Å². The van der Waals surface area contributed by atoms with Crippen molar-refractivity contribution in [2.75, 3.05) is 6.61 Å².